The fourth-order valence-electron chi connectivity index (χ4n) is 2.33. The molecule has 7 heteroatoms. The Hall–Kier alpha value is -0.790. The molecule has 0 amide bonds. The Kier molecular flexibility index (Phi) is 4.18. The van der Waals surface area contributed by atoms with Gasteiger partial charge in [-0.3, -0.25) is 0 Å². The molecule has 0 bridgehead atoms. The number of imidazole rings is 1. The maximum Gasteiger partial charge on any atom is 0.151 e. The number of nitrogens with zero attached hydrogens (tertiary/aromatic N) is 2. The Morgan fingerprint density at radius 1 is 1.43 bits per heavy atom. The van der Waals surface area contributed by atoms with Gasteiger partial charge in [-0.2, -0.15) is 0 Å². The lowest BCUT2D eigenvalue weighted by Gasteiger charge is -2.20. The molecule has 0 aromatic carbocycles. The first-order valence-corrected chi connectivity index (χ1v) is 9.60. The van der Waals surface area contributed by atoms with Crippen LogP contribution in [0.25, 0.3) is 5.65 Å². The Bertz CT molecular complexity index is 779. The second-order valence-corrected chi connectivity index (χ2v) is 10.0. The van der Waals surface area contributed by atoms with Gasteiger partial charge in [0.1, 0.15) is 5.67 Å². The van der Waals surface area contributed by atoms with E-state index in [1.165, 1.54) is 0 Å². The Balaban J connectivity index is 1.91. The first-order chi connectivity index (χ1) is 10.6. The second-order valence-electron chi connectivity index (χ2n) is 7.16. The van der Waals surface area contributed by atoms with Gasteiger partial charge in [0.2, 0.25) is 0 Å². The number of hydrogen-bond donors (Lipinski definition) is 1. The molecule has 0 radical (unpaired) electrons. The van der Waals surface area contributed by atoms with Crippen molar-refractivity contribution in [2.45, 2.75) is 57.0 Å². The van der Waals surface area contributed by atoms with Crippen LogP contribution < -0.4 is 4.72 Å². The summed E-state index contributed by atoms with van der Waals surface area (Å²) in [6.45, 7) is 7.70. The fraction of sp³-hybridized carbons (Fsp3) is 0.562. The molecular weight excluding hydrogens is 381 g/mol. The summed E-state index contributed by atoms with van der Waals surface area (Å²) >= 11 is 3.48. The molecule has 2 aromatic rings. The van der Waals surface area contributed by atoms with E-state index < -0.39 is 16.7 Å². The fourth-order valence-corrected chi connectivity index (χ4v) is 3.66. The first kappa shape index (κ1) is 17.0. The van der Waals surface area contributed by atoms with Crippen molar-refractivity contribution in [1.82, 2.24) is 14.1 Å². The van der Waals surface area contributed by atoms with Crippen molar-refractivity contribution in [2.75, 3.05) is 0 Å². The molecule has 1 fully saturated rings. The molecule has 2 atom stereocenters. The number of fused-ring (bicyclic) bond motifs is 1. The zero-order valence-corrected chi connectivity index (χ0v) is 16.1. The third kappa shape index (κ3) is 3.37. The third-order valence-electron chi connectivity index (χ3n) is 4.01. The number of halogens is 2. The molecule has 1 aliphatic carbocycles. The van der Waals surface area contributed by atoms with E-state index in [2.05, 4.69) is 25.6 Å². The quantitative estimate of drug-likeness (QED) is 0.835. The number of nitrogens with one attached hydrogen (secondary N) is 1. The van der Waals surface area contributed by atoms with Gasteiger partial charge in [0, 0.05) is 18.0 Å². The van der Waals surface area contributed by atoms with E-state index >= 15 is 0 Å². The van der Waals surface area contributed by atoms with Crippen LogP contribution in [0, 0.1) is 0 Å². The number of hydrogen-bond acceptors (Lipinski definition) is 2. The molecular formula is C16H21BrFN3OS. The second kappa shape index (κ2) is 5.63. The summed E-state index contributed by atoms with van der Waals surface area (Å²) in [5.41, 5.74) is 1.02. The normalized spacial score (nSPS) is 19.7. The van der Waals surface area contributed by atoms with Gasteiger partial charge < -0.3 is 4.40 Å². The molecule has 1 saturated carbocycles. The molecule has 3 rings (SSSR count). The molecule has 0 saturated heterocycles. The Morgan fingerprint density at radius 3 is 2.65 bits per heavy atom. The molecule has 0 aliphatic heterocycles. The van der Waals surface area contributed by atoms with E-state index in [1.807, 2.05) is 44.4 Å². The molecule has 1 N–H and O–H groups in total. The highest BCUT2D eigenvalue weighted by Gasteiger charge is 2.45. The predicted molar refractivity (Wildman–Crippen MR) is 94.4 cm³/mol. The van der Waals surface area contributed by atoms with Gasteiger partial charge in [-0.05, 0) is 62.5 Å². The van der Waals surface area contributed by atoms with Crippen molar-refractivity contribution in [3.8, 4) is 0 Å². The van der Waals surface area contributed by atoms with Crippen LogP contribution in [0.5, 0.6) is 0 Å². The summed E-state index contributed by atoms with van der Waals surface area (Å²) in [5, 5.41) is 0. The van der Waals surface area contributed by atoms with Gasteiger partial charge in [-0.25, -0.2) is 18.3 Å². The van der Waals surface area contributed by atoms with Crippen molar-refractivity contribution in [1.29, 1.82) is 0 Å². The summed E-state index contributed by atoms with van der Waals surface area (Å²) in [6.07, 6.45) is 4.83. The monoisotopic (exact) mass is 401 g/mol. The average Bonchev–Trinajstić information content (AvgIpc) is 3.04. The van der Waals surface area contributed by atoms with Gasteiger partial charge >= 0.3 is 0 Å². The molecule has 2 aromatic heterocycles. The lowest BCUT2D eigenvalue weighted by atomic mass is 10.1. The molecule has 1 aliphatic rings. The standard InChI is InChI=1S/C16H21BrFN3OS/c1-10(20-23(22)15(2,3)4)13-9-21-8-11(16(18)5-6-16)7-12(17)14(21)19-13/h7-10,20H,5-6H2,1-4H3/t10-,23-/m1/s1. The lowest BCUT2D eigenvalue weighted by molar-refractivity contribution is 0.316. The van der Waals surface area contributed by atoms with Gasteiger partial charge in [0.25, 0.3) is 0 Å². The highest BCUT2D eigenvalue weighted by atomic mass is 79.9. The maximum absolute atomic E-state index is 14.3. The van der Waals surface area contributed by atoms with Crippen molar-refractivity contribution < 1.29 is 8.60 Å². The summed E-state index contributed by atoms with van der Waals surface area (Å²) in [7, 11) is -1.17. The molecule has 126 valence electrons. The predicted octanol–water partition coefficient (Wildman–Crippen LogP) is 4.17. The molecule has 0 spiro atoms. The van der Waals surface area contributed by atoms with Crippen LogP contribution in [0.2, 0.25) is 0 Å². The van der Waals surface area contributed by atoms with Crippen molar-refractivity contribution in [2.24, 2.45) is 0 Å². The van der Waals surface area contributed by atoms with Crippen LogP contribution in [0.1, 0.15) is 57.8 Å². The van der Waals surface area contributed by atoms with Crippen LogP contribution in [0.3, 0.4) is 0 Å². The van der Waals surface area contributed by atoms with Crippen LogP contribution in [0.15, 0.2) is 22.9 Å². The van der Waals surface area contributed by atoms with Gasteiger partial charge in [0.15, 0.2) is 5.65 Å². The van der Waals surface area contributed by atoms with E-state index in [0.717, 1.165) is 15.8 Å². The zero-order chi connectivity index (χ0) is 17.0. The van der Waals surface area contributed by atoms with Gasteiger partial charge in [0.05, 0.1) is 31.9 Å². The molecule has 4 nitrogen and oxygen atoms in total. The number of aromatic nitrogens is 2. The summed E-state index contributed by atoms with van der Waals surface area (Å²) in [6, 6.07) is 1.65. The van der Waals surface area contributed by atoms with Crippen LogP contribution >= 0.6 is 15.9 Å². The van der Waals surface area contributed by atoms with Gasteiger partial charge in [-0.15, -0.1) is 0 Å². The summed E-state index contributed by atoms with van der Waals surface area (Å²) in [4.78, 5) is 4.59. The van der Waals surface area contributed by atoms with Crippen LogP contribution in [0.4, 0.5) is 4.39 Å². The highest BCUT2D eigenvalue weighted by Crippen LogP contribution is 2.50. The molecule has 23 heavy (non-hydrogen) atoms. The van der Waals surface area contributed by atoms with Gasteiger partial charge in [-0.1, -0.05) is 0 Å². The number of pyridine rings is 1. The van der Waals surface area contributed by atoms with E-state index in [4.69, 9.17) is 0 Å². The van der Waals surface area contributed by atoms with Crippen LogP contribution in [-0.4, -0.2) is 18.3 Å². The summed E-state index contributed by atoms with van der Waals surface area (Å²) in [5.74, 6) is 0. The van der Waals surface area contributed by atoms with E-state index in [9.17, 15) is 8.60 Å². The minimum atomic E-state index is -1.18. The van der Waals surface area contributed by atoms with E-state index in [0.29, 0.717) is 18.4 Å². The van der Waals surface area contributed by atoms with E-state index in [-0.39, 0.29) is 10.8 Å². The van der Waals surface area contributed by atoms with Crippen LogP contribution in [-0.2, 0) is 16.7 Å². The number of rotatable bonds is 4. The van der Waals surface area contributed by atoms with Crippen molar-refractivity contribution in [3.05, 3.63) is 34.2 Å². The highest BCUT2D eigenvalue weighted by molar-refractivity contribution is 9.10. The minimum Gasteiger partial charge on any atom is -0.305 e. The maximum atomic E-state index is 14.3. The Morgan fingerprint density at radius 2 is 2.09 bits per heavy atom. The van der Waals surface area contributed by atoms with Crippen molar-refractivity contribution >= 4 is 32.6 Å². The molecule has 0 unspecified atom stereocenters. The van der Waals surface area contributed by atoms with Crippen molar-refractivity contribution in [3.63, 3.8) is 0 Å². The minimum absolute atomic E-state index is 0.162. The smallest absolute Gasteiger partial charge is 0.151 e. The largest absolute Gasteiger partial charge is 0.305 e. The zero-order valence-electron chi connectivity index (χ0n) is 13.7. The third-order valence-corrected chi connectivity index (χ3v) is 6.28. The lowest BCUT2D eigenvalue weighted by Crippen LogP contribution is -2.34. The topological polar surface area (TPSA) is 46.4 Å². The number of alkyl halides is 1. The summed E-state index contributed by atoms with van der Waals surface area (Å²) < 4.78 is 31.9. The Labute approximate surface area is 146 Å². The van der Waals surface area contributed by atoms with E-state index in [1.54, 1.807) is 6.20 Å². The molecule has 2 heterocycles. The first-order valence-electron chi connectivity index (χ1n) is 7.66. The SMILES string of the molecule is C[C@@H](N[S@](=O)C(C)(C)C)c1cn2cc(C3(F)CC3)cc(Br)c2n1. The average molecular weight is 402 g/mol.